The highest BCUT2D eigenvalue weighted by Gasteiger charge is 2.40. The van der Waals surface area contributed by atoms with Crippen LogP contribution in [0.25, 0.3) is 10.6 Å². The first-order valence-electron chi connectivity index (χ1n) is 7.83. The van der Waals surface area contributed by atoms with Crippen LogP contribution in [0.1, 0.15) is 23.2 Å². The number of hydrogen-bond donors (Lipinski definition) is 0. The van der Waals surface area contributed by atoms with Gasteiger partial charge in [0.2, 0.25) is 0 Å². The molecule has 2 aromatic rings. The van der Waals surface area contributed by atoms with Crippen molar-refractivity contribution in [1.29, 1.82) is 0 Å². The van der Waals surface area contributed by atoms with Gasteiger partial charge in [-0.1, -0.05) is 6.07 Å². The molecular formula is C17H18N2O3S. The predicted octanol–water partition coefficient (Wildman–Crippen LogP) is 2.79. The maximum atomic E-state index is 12.7. The van der Waals surface area contributed by atoms with Crippen LogP contribution in [0.15, 0.2) is 35.8 Å². The molecule has 0 aromatic carbocycles. The summed E-state index contributed by atoms with van der Waals surface area (Å²) >= 11 is 1.62. The fourth-order valence-electron chi connectivity index (χ4n) is 3.14. The Balaban J connectivity index is 1.48. The van der Waals surface area contributed by atoms with Gasteiger partial charge in [-0.15, -0.1) is 11.3 Å². The molecule has 0 unspecified atom stereocenters. The molecule has 2 aromatic heterocycles. The lowest BCUT2D eigenvalue weighted by Crippen LogP contribution is -2.47. The lowest BCUT2D eigenvalue weighted by atomic mass is 10.0. The van der Waals surface area contributed by atoms with E-state index in [-0.39, 0.29) is 5.91 Å². The van der Waals surface area contributed by atoms with Gasteiger partial charge >= 0.3 is 0 Å². The second-order valence-electron chi connectivity index (χ2n) is 5.81. The molecule has 1 spiro atoms. The Hall–Kier alpha value is -1.76. The fourth-order valence-corrected chi connectivity index (χ4v) is 3.83. The van der Waals surface area contributed by atoms with Crippen molar-refractivity contribution in [2.24, 2.45) is 0 Å². The van der Waals surface area contributed by atoms with Crippen LogP contribution in [0, 0.1) is 0 Å². The molecule has 2 aliphatic rings. The summed E-state index contributed by atoms with van der Waals surface area (Å²) < 4.78 is 11.4. The van der Waals surface area contributed by atoms with E-state index in [2.05, 4.69) is 4.98 Å². The number of piperidine rings is 1. The summed E-state index contributed by atoms with van der Waals surface area (Å²) in [5.41, 5.74) is 1.54. The molecule has 120 valence electrons. The van der Waals surface area contributed by atoms with Gasteiger partial charge in [-0.05, 0) is 23.6 Å². The Morgan fingerprint density at radius 1 is 1.22 bits per heavy atom. The Kier molecular flexibility index (Phi) is 3.88. The minimum Gasteiger partial charge on any atom is -0.347 e. The Morgan fingerprint density at radius 2 is 2.00 bits per heavy atom. The van der Waals surface area contributed by atoms with Crippen molar-refractivity contribution in [3.8, 4) is 10.6 Å². The molecule has 23 heavy (non-hydrogen) atoms. The summed E-state index contributed by atoms with van der Waals surface area (Å²) in [5, 5.41) is 2.01. The second kappa shape index (κ2) is 6.03. The van der Waals surface area contributed by atoms with Crippen LogP contribution in [-0.4, -0.2) is 47.9 Å². The molecule has 0 radical (unpaired) electrons. The van der Waals surface area contributed by atoms with Gasteiger partial charge in [-0.2, -0.15) is 0 Å². The van der Waals surface area contributed by atoms with Crippen LogP contribution < -0.4 is 0 Å². The first-order chi connectivity index (χ1) is 11.3. The normalized spacial score (nSPS) is 20.1. The minimum absolute atomic E-state index is 0.0538. The number of aromatic nitrogens is 1. The molecule has 0 bridgehead atoms. The SMILES string of the molecule is O=C(c1ccnc(-c2cccs2)c1)N1CCC2(CC1)OCCO2. The summed E-state index contributed by atoms with van der Waals surface area (Å²) in [6.45, 7) is 2.63. The number of hydrogen-bond acceptors (Lipinski definition) is 5. The Morgan fingerprint density at radius 3 is 2.70 bits per heavy atom. The van der Waals surface area contributed by atoms with E-state index in [0.29, 0.717) is 31.9 Å². The van der Waals surface area contributed by atoms with Crippen molar-refractivity contribution in [3.63, 3.8) is 0 Å². The van der Waals surface area contributed by atoms with Crippen molar-refractivity contribution in [2.45, 2.75) is 18.6 Å². The Bertz CT molecular complexity index is 686. The minimum atomic E-state index is -0.447. The van der Waals surface area contributed by atoms with E-state index < -0.39 is 5.79 Å². The highest BCUT2D eigenvalue weighted by Crippen LogP contribution is 2.32. The maximum Gasteiger partial charge on any atom is 0.253 e. The third-order valence-electron chi connectivity index (χ3n) is 4.41. The third-order valence-corrected chi connectivity index (χ3v) is 5.30. The van der Waals surface area contributed by atoms with E-state index in [0.717, 1.165) is 23.4 Å². The highest BCUT2D eigenvalue weighted by atomic mass is 32.1. The number of thiophene rings is 1. The quantitative estimate of drug-likeness (QED) is 0.850. The zero-order chi connectivity index (χ0) is 15.7. The fraction of sp³-hybridized carbons (Fsp3) is 0.412. The van der Waals surface area contributed by atoms with Crippen molar-refractivity contribution < 1.29 is 14.3 Å². The molecule has 6 heteroatoms. The molecule has 0 aliphatic carbocycles. The molecule has 2 aliphatic heterocycles. The first-order valence-corrected chi connectivity index (χ1v) is 8.71. The number of rotatable bonds is 2. The van der Waals surface area contributed by atoms with Crippen LogP contribution >= 0.6 is 11.3 Å². The monoisotopic (exact) mass is 330 g/mol. The standard InChI is InChI=1S/C17H18N2O3S/c20-16(19-7-4-17(5-8-19)21-9-10-22-17)13-3-6-18-14(12-13)15-2-1-11-23-15/h1-3,6,11-12H,4-5,7-10H2. The maximum absolute atomic E-state index is 12.7. The van der Waals surface area contributed by atoms with Crippen LogP contribution in [-0.2, 0) is 9.47 Å². The zero-order valence-corrected chi connectivity index (χ0v) is 13.6. The van der Waals surface area contributed by atoms with Crippen molar-refractivity contribution >= 4 is 17.2 Å². The van der Waals surface area contributed by atoms with E-state index in [1.807, 2.05) is 28.5 Å². The van der Waals surface area contributed by atoms with Crippen molar-refractivity contribution in [3.05, 3.63) is 41.4 Å². The third kappa shape index (κ3) is 2.89. The highest BCUT2D eigenvalue weighted by molar-refractivity contribution is 7.13. The molecule has 5 nitrogen and oxygen atoms in total. The van der Waals surface area contributed by atoms with Crippen molar-refractivity contribution in [2.75, 3.05) is 26.3 Å². The van der Waals surface area contributed by atoms with Gasteiger partial charge in [0.25, 0.3) is 5.91 Å². The smallest absolute Gasteiger partial charge is 0.253 e. The molecule has 0 atom stereocenters. The van der Waals surface area contributed by atoms with Crippen LogP contribution in [0.3, 0.4) is 0 Å². The number of ether oxygens (including phenoxy) is 2. The van der Waals surface area contributed by atoms with Gasteiger partial charge < -0.3 is 14.4 Å². The van der Waals surface area contributed by atoms with Crippen LogP contribution in [0.5, 0.6) is 0 Å². The molecule has 4 heterocycles. The topological polar surface area (TPSA) is 51.7 Å². The predicted molar refractivity (Wildman–Crippen MR) is 87.3 cm³/mol. The average molecular weight is 330 g/mol. The number of carbonyl (C=O) groups is 1. The number of likely N-dealkylation sites (tertiary alicyclic amines) is 1. The molecule has 1 amide bonds. The van der Waals surface area contributed by atoms with E-state index >= 15 is 0 Å². The van der Waals surface area contributed by atoms with Gasteiger partial charge in [0.05, 0.1) is 23.8 Å². The zero-order valence-electron chi connectivity index (χ0n) is 12.7. The van der Waals surface area contributed by atoms with E-state index in [9.17, 15) is 4.79 Å². The lowest BCUT2D eigenvalue weighted by Gasteiger charge is -2.37. The molecule has 4 rings (SSSR count). The van der Waals surface area contributed by atoms with E-state index in [1.54, 1.807) is 23.6 Å². The molecule has 0 N–H and O–H groups in total. The van der Waals surface area contributed by atoms with Crippen LogP contribution in [0.4, 0.5) is 0 Å². The molecular weight excluding hydrogens is 312 g/mol. The summed E-state index contributed by atoms with van der Waals surface area (Å²) in [6, 6.07) is 7.66. The van der Waals surface area contributed by atoms with Crippen molar-refractivity contribution in [1.82, 2.24) is 9.88 Å². The average Bonchev–Trinajstić information content (AvgIpc) is 3.28. The Labute approximate surface area is 138 Å². The summed E-state index contributed by atoms with van der Waals surface area (Å²) in [5.74, 6) is -0.394. The summed E-state index contributed by atoms with van der Waals surface area (Å²) in [6.07, 6.45) is 3.18. The molecule has 2 fully saturated rings. The molecule has 2 saturated heterocycles. The number of carbonyl (C=O) groups excluding carboxylic acids is 1. The van der Waals surface area contributed by atoms with E-state index in [4.69, 9.17) is 9.47 Å². The largest absolute Gasteiger partial charge is 0.347 e. The van der Waals surface area contributed by atoms with Gasteiger partial charge in [0, 0.05) is 37.7 Å². The summed E-state index contributed by atoms with van der Waals surface area (Å²) in [7, 11) is 0. The van der Waals surface area contributed by atoms with Crippen LogP contribution in [0.2, 0.25) is 0 Å². The van der Waals surface area contributed by atoms with Gasteiger partial charge in [-0.3, -0.25) is 9.78 Å². The molecule has 0 saturated carbocycles. The summed E-state index contributed by atoms with van der Waals surface area (Å²) in [4.78, 5) is 20.1. The lowest BCUT2D eigenvalue weighted by molar-refractivity contribution is -0.181. The van der Waals surface area contributed by atoms with Gasteiger partial charge in [-0.25, -0.2) is 0 Å². The van der Waals surface area contributed by atoms with E-state index in [1.165, 1.54) is 0 Å². The van der Waals surface area contributed by atoms with Gasteiger partial charge in [0.15, 0.2) is 5.79 Å². The number of pyridine rings is 1. The number of nitrogens with zero attached hydrogens (tertiary/aromatic N) is 2. The second-order valence-corrected chi connectivity index (χ2v) is 6.75. The van der Waals surface area contributed by atoms with Gasteiger partial charge in [0.1, 0.15) is 0 Å². The first kappa shape index (κ1) is 14.8. The number of amides is 1.